The van der Waals surface area contributed by atoms with Crippen molar-refractivity contribution < 1.29 is 19.1 Å². The molecular weight excluding hydrogens is 260 g/mol. The maximum Gasteiger partial charge on any atom is 0.323 e. The Hall–Kier alpha value is -1.14. The lowest BCUT2D eigenvalue weighted by atomic mass is 10.1. The predicted molar refractivity (Wildman–Crippen MR) is 73.2 cm³/mol. The molecule has 1 saturated carbocycles. The number of rotatable bonds is 6. The maximum absolute atomic E-state index is 12.3. The molecule has 114 valence electrons. The van der Waals surface area contributed by atoms with Crippen LogP contribution in [0.15, 0.2) is 0 Å². The Morgan fingerprint density at radius 1 is 1.40 bits per heavy atom. The third-order valence-corrected chi connectivity index (χ3v) is 3.74. The molecule has 0 aromatic carbocycles. The van der Waals surface area contributed by atoms with Crippen LogP contribution in [0.1, 0.15) is 33.1 Å². The molecule has 0 aromatic heterocycles. The number of esters is 1. The van der Waals surface area contributed by atoms with E-state index in [9.17, 15) is 9.59 Å². The SMILES string of the molecule is CCOC(=O)C(CC)N1CCOCC1C(=O)NC1CC1. The lowest BCUT2D eigenvalue weighted by molar-refractivity contribution is -0.156. The van der Waals surface area contributed by atoms with Crippen molar-refractivity contribution in [1.29, 1.82) is 0 Å². The Bertz CT molecular complexity index is 357. The Labute approximate surface area is 119 Å². The summed E-state index contributed by atoms with van der Waals surface area (Å²) in [5, 5.41) is 2.99. The van der Waals surface area contributed by atoms with Crippen LogP contribution in [0.2, 0.25) is 0 Å². The van der Waals surface area contributed by atoms with Crippen LogP contribution in [-0.2, 0) is 19.1 Å². The van der Waals surface area contributed by atoms with Gasteiger partial charge in [0.1, 0.15) is 12.1 Å². The third-order valence-electron chi connectivity index (χ3n) is 3.74. The zero-order valence-electron chi connectivity index (χ0n) is 12.3. The van der Waals surface area contributed by atoms with Gasteiger partial charge in [-0.3, -0.25) is 14.5 Å². The monoisotopic (exact) mass is 284 g/mol. The molecule has 2 atom stereocenters. The Kier molecular flexibility index (Phi) is 5.37. The fourth-order valence-corrected chi connectivity index (χ4v) is 2.52. The van der Waals surface area contributed by atoms with Gasteiger partial charge in [0.05, 0.1) is 19.8 Å². The molecule has 2 aliphatic rings. The van der Waals surface area contributed by atoms with Crippen molar-refractivity contribution in [2.24, 2.45) is 0 Å². The van der Waals surface area contributed by atoms with Crippen LogP contribution in [0.3, 0.4) is 0 Å². The second kappa shape index (κ2) is 7.04. The highest BCUT2D eigenvalue weighted by Crippen LogP contribution is 2.21. The zero-order chi connectivity index (χ0) is 14.5. The molecule has 0 spiro atoms. The largest absolute Gasteiger partial charge is 0.465 e. The number of carbonyl (C=O) groups is 2. The van der Waals surface area contributed by atoms with Crippen LogP contribution >= 0.6 is 0 Å². The minimum atomic E-state index is -0.390. The number of nitrogens with one attached hydrogen (secondary N) is 1. The van der Waals surface area contributed by atoms with E-state index in [1.165, 1.54) is 0 Å². The predicted octanol–water partition coefficient (Wildman–Crippen LogP) is 0.308. The molecule has 1 amide bonds. The highest BCUT2D eigenvalue weighted by molar-refractivity contribution is 5.84. The van der Waals surface area contributed by atoms with Crippen molar-refractivity contribution in [3.8, 4) is 0 Å². The lowest BCUT2D eigenvalue weighted by Gasteiger charge is -2.38. The fourth-order valence-electron chi connectivity index (χ4n) is 2.52. The third kappa shape index (κ3) is 3.70. The van der Waals surface area contributed by atoms with Crippen molar-refractivity contribution in [3.05, 3.63) is 0 Å². The summed E-state index contributed by atoms with van der Waals surface area (Å²) < 4.78 is 10.5. The van der Waals surface area contributed by atoms with E-state index in [0.29, 0.717) is 38.8 Å². The average Bonchev–Trinajstić information content (AvgIpc) is 3.24. The first-order valence-corrected chi connectivity index (χ1v) is 7.47. The van der Waals surface area contributed by atoms with Crippen molar-refractivity contribution in [2.45, 2.75) is 51.2 Å². The summed E-state index contributed by atoms with van der Waals surface area (Å²) in [5.74, 6) is -0.281. The van der Waals surface area contributed by atoms with Gasteiger partial charge in [-0.15, -0.1) is 0 Å². The quantitative estimate of drug-likeness (QED) is 0.711. The molecule has 1 heterocycles. The van der Waals surface area contributed by atoms with Crippen LogP contribution in [0.25, 0.3) is 0 Å². The van der Waals surface area contributed by atoms with E-state index in [-0.39, 0.29) is 17.9 Å². The van der Waals surface area contributed by atoms with E-state index >= 15 is 0 Å². The van der Waals surface area contributed by atoms with E-state index in [2.05, 4.69) is 5.32 Å². The van der Waals surface area contributed by atoms with E-state index in [0.717, 1.165) is 12.8 Å². The molecule has 2 unspecified atom stereocenters. The molecule has 0 radical (unpaired) electrons. The average molecular weight is 284 g/mol. The molecule has 2 rings (SSSR count). The number of carbonyl (C=O) groups excluding carboxylic acids is 2. The fraction of sp³-hybridized carbons (Fsp3) is 0.857. The van der Waals surface area contributed by atoms with Crippen LogP contribution in [0, 0.1) is 0 Å². The molecule has 1 saturated heterocycles. The van der Waals surface area contributed by atoms with Gasteiger partial charge in [0.2, 0.25) is 5.91 Å². The second-order valence-electron chi connectivity index (χ2n) is 5.29. The number of hydrogen-bond donors (Lipinski definition) is 1. The summed E-state index contributed by atoms with van der Waals surface area (Å²) in [7, 11) is 0. The summed E-state index contributed by atoms with van der Waals surface area (Å²) in [6.07, 6.45) is 2.73. The van der Waals surface area contributed by atoms with Crippen molar-refractivity contribution >= 4 is 11.9 Å². The molecule has 1 aliphatic heterocycles. The Morgan fingerprint density at radius 2 is 2.15 bits per heavy atom. The van der Waals surface area contributed by atoms with E-state index in [4.69, 9.17) is 9.47 Å². The number of hydrogen-bond acceptors (Lipinski definition) is 5. The van der Waals surface area contributed by atoms with Gasteiger partial charge >= 0.3 is 5.97 Å². The smallest absolute Gasteiger partial charge is 0.323 e. The normalized spacial score (nSPS) is 25.0. The van der Waals surface area contributed by atoms with Gasteiger partial charge < -0.3 is 14.8 Å². The molecule has 20 heavy (non-hydrogen) atoms. The summed E-state index contributed by atoms with van der Waals surface area (Å²) in [6, 6.07) is -0.443. The number of nitrogens with zero attached hydrogens (tertiary/aromatic N) is 1. The van der Waals surface area contributed by atoms with Gasteiger partial charge in [-0.2, -0.15) is 0 Å². The van der Waals surface area contributed by atoms with Crippen molar-refractivity contribution in [2.75, 3.05) is 26.4 Å². The first-order chi connectivity index (χ1) is 9.67. The van der Waals surface area contributed by atoms with Crippen molar-refractivity contribution in [1.82, 2.24) is 10.2 Å². The van der Waals surface area contributed by atoms with E-state index < -0.39 is 6.04 Å². The molecule has 6 heteroatoms. The number of ether oxygens (including phenoxy) is 2. The molecule has 1 N–H and O–H groups in total. The molecule has 6 nitrogen and oxygen atoms in total. The molecule has 0 bridgehead atoms. The highest BCUT2D eigenvalue weighted by atomic mass is 16.5. The Balaban J connectivity index is 2.03. The topological polar surface area (TPSA) is 67.9 Å². The number of morpholine rings is 1. The van der Waals surface area contributed by atoms with Gasteiger partial charge in [-0.25, -0.2) is 0 Å². The summed E-state index contributed by atoms with van der Waals surface area (Å²) >= 11 is 0. The van der Waals surface area contributed by atoms with Gasteiger partial charge in [0, 0.05) is 12.6 Å². The standard InChI is InChI=1S/C14H24N2O4/c1-3-11(14(18)20-4-2)16-7-8-19-9-12(16)13(17)15-10-5-6-10/h10-12H,3-9H2,1-2H3,(H,15,17). The first kappa shape index (κ1) is 15.3. The van der Waals surface area contributed by atoms with Gasteiger partial charge in [-0.1, -0.05) is 6.92 Å². The van der Waals surface area contributed by atoms with Crippen LogP contribution in [0.5, 0.6) is 0 Å². The molecule has 2 fully saturated rings. The molecular formula is C14H24N2O4. The summed E-state index contributed by atoms with van der Waals surface area (Å²) in [5.41, 5.74) is 0. The van der Waals surface area contributed by atoms with Gasteiger partial charge in [-0.05, 0) is 26.2 Å². The van der Waals surface area contributed by atoms with Crippen LogP contribution < -0.4 is 5.32 Å². The summed E-state index contributed by atoms with van der Waals surface area (Å²) in [6.45, 7) is 5.56. The van der Waals surface area contributed by atoms with Crippen LogP contribution in [-0.4, -0.2) is 61.3 Å². The zero-order valence-corrected chi connectivity index (χ0v) is 12.3. The number of amides is 1. The van der Waals surface area contributed by atoms with Crippen LogP contribution in [0.4, 0.5) is 0 Å². The van der Waals surface area contributed by atoms with E-state index in [1.807, 2.05) is 11.8 Å². The minimum Gasteiger partial charge on any atom is -0.465 e. The van der Waals surface area contributed by atoms with E-state index in [1.54, 1.807) is 6.92 Å². The van der Waals surface area contributed by atoms with Gasteiger partial charge in [0.25, 0.3) is 0 Å². The summed E-state index contributed by atoms with van der Waals surface area (Å²) in [4.78, 5) is 26.2. The minimum absolute atomic E-state index is 0.0325. The molecule has 1 aliphatic carbocycles. The lowest BCUT2D eigenvalue weighted by Crippen LogP contribution is -2.59. The maximum atomic E-state index is 12.3. The van der Waals surface area contributed by atoms with Gasteiger partial charge in [0.15, 0.2) is 0 Å². The first-order valence-electron chi connectivity index (χ1n) is 7.47. The Morgan fingerprint density at radius 3 is 2.75 bits per heavy atom. The van der Waals surface area contributed by atoms with Crippen molar-refractivity contribution in [3.63, 3.8) is 0 Å². The second-order valence-corrected chi connectivity index (χ2v) is 5.29. The molecule has 0 aromatic rings. The highest BCUT2D eigenvalue weighted by Gasteiger charge is 2.38.